The quantitative estimate of drug-likeness (QED) is 0.582. The van der Waals surface area contributed by atoms with Crippen LogP contribution in [-0.4, -0.2) is 19.0 Å². The molecule has 0 saturated heterocycles. The van der Waals surface area contributed by atoms with Crippen molar-refractivity contribution in [1.82, 2.24) is 5.32 Å². The first-order chi connectivity index (χ1) is 3.48. The van der Waals surface area contributed by atoms with Gasteiger partial charge in [-0.1, -0.05) is 0 Å². The van der Waals surface area contributed by atoms with E-state index in [1.54, 1.807) is 0 Å². The highest BCUT2D eigenvalue weighted by Gasteiger charge is 2.28. The van der Waals surface area contributed by atoms with E-state index in [1.807, 2.05) is 0 Å². The number of rotatable bonds is 2. The Morgan fingerprint density at radius 1 is 1.50 bits per heavy atom. The van der Waals surface area contributed by atoms with E-state index < -0.39 is 12.0 Å². The van der Waals surface area contributed by atoms with Crippen LogP contribution in [0, 0.1) is 0 Å². The predicted molar refractivity (Wildman–Crippen MR) is 29.1 cm³/mol. The summed E-state index contributed by atoms with van der Waals surface area (Å²) >= 11 is 0. The van der Waals surface area contributed by atoms with Crippen LogP contribution >= 0.6 is 0 Å². The fourth-order valence-corrected chi connectivity index (χ4v) is 0.253. The van der Waals surface area contributed by atoms with Gasteiger partial charge in [0.2, 0.25) is 0 Å². The lowest BCUT2D eigenvalue weighted by atomic mass is 10.2. The molecule has 50 valence electrons. The lowest BCUT2D eigenvalue weighted by molar-refractivity contribution is -0.00956. The van der Waals surface area contributed by atoms with Gasteiger partial charge in [0, 0.05) is 6.92 Å². The van der Waals surface area contributed by atoms with E-state index in [9.17, 15) is 8.78 Å². The van der Waals surface area contributed by atoms with Crippen LogP contribution in [0.3, 0.4) is 0 Å². The van der Waals surface area contributed by atoms with Crippen molar-refractivity contribution in [2.75, 3.05) is 7.05 Å². The van der Waals surface area contributed by atoms with Crippen LogP contribution in [0.2, 0.25) is 0 Å². The van der Waals surface area contributed by atoms with Gasteiger partial charge in [0.15, 0.2) is 0 Å². The lowest BCUT2D eigenvalue weighted by Gasteiger charge is -2.17. The maximum Gasteiger partial charge on any atom is 0.260 e. The second-order valence-electron chi connectivity index (χ2n) is 1.97. The number of hydrogen-bond donors (Lipinski definition) is 1. The third kappa shape index (κ3) is 2.21. The van der Waals surface area contributed by atoms with E-state index >= 15 is 0 Å². The van der Waals surface area contributed by atoms with Crippen LogP contribution in [0.25, 0.3) is 0 Å². The second-order valence-corrected chi connectivity index (χ2v) is 1.97. The van der Waals surface area contributed by atoms with Crippen molar-refractivity contribution in [1.29, 1.82) is 0 Å². The summed E-state index contributed by atoms with van der Waals surface area (Å²) < 4.78 is 24.1. The third-order valence-corrected chi connectivity index (χ3v) is 1.19. The minimum absolute atomic E-state index is 0.734. The second kappa shape index (κ2) is 2.40. The largest absolute Gasteiger partial charge is 0.312 e. The zero-order chi connectivity index (χ0) is 6.78. The zero-order valence-electron chi connectivity index (χ0n) is 5.33. The molecule has 0 rings (SSSR count). The summed E-state index contributed by atoms with van der Waals surface area (Å²) in [5.41, 5.74) is 0. The van der Waals surface area contributed by atoms with Crippen LogP contribution in [0.15, 0.2) is 0 Å². The van der Waals surface area contributed by atoms with Crippen LogP contribution in [0.5, 0.6) is 0 Å². The fourth-order valence-electron chi connectivity index (χ4n) is 0.253. The average molecular weight is 123 g/mol. The molecule has 1 unspecified atom stereocenters. The Bertz CT molecular complexity index is 67.3. The predicted octanol–water partition coefficient (Wildman–Crippen LogP) is 1.25. The monoisotopic (exact) mass is 123 g/mol. The summed E-state index contributed by atoms with van der Waals surface area (Å²) in [6.07, 6.45) is 0. The summed E-state index contributed by atoms with van der Waals surface area (Å²) in [4.78, 5) is 0. The summed E-state index contributed by atoms with van der Waals surface area (Å²) in [6.45, 7) is 2.34. The molecule has 0 saturated carbocycles. The molecule has 0 aromatic rings. The standard InChI is InChI=1S/C5H11F2N/c1-4(8-3)5(2,6)7/h4,8H,1-3H3. The van der Waals surface area contributed by atoms with E-state index in [4.69, 9.17) is 0 Å². The maximum absolute atomic E-state index is 12.1. The third-order valence-electron chi connectivity index (χ3n) is 1.19. The molecule has 1 N–H and O–H groups in total. The number of hydrogen-bond acceptors (Lipinski definition) is 1. The van der Waals surface area contributed by atoms with Gasteiger partial charge >= 0.3 is 0 Å². The van der Waals surface area contributed by atoms with Crippen molar-refractivity contribution >= 4 is 0 Å². The molecule has 0 aliphatic heterocycles. The molecule has 8 heavy (non-hydrogen) atoms. The van der Waals surface area contributed by atoms with Gasteiger partial charge in [0.25, 0.3) is 5.92 Å². The Labute approximate surface area is 48.1 Å². The minimum atomic E-state index is -2.60. The van der Waals surface area contributed by atoms with Crippen LogP contribution in [0.4, 0.5) is 8.78 Å². The van der Waals surface area contributed by atoms with Gasteiger partial charge in [-0.3, -0.25) is 0 Å². The van der Waals surface area contributed by atoms with Gasteiger partial charge in [-0.25, -0.2) is 8.78 Å². The van der Waals surface area contributed by atoms with Gasteiger partial charge in [-0.15, -0.1) is 0 Å². The molecular formula is C5H11F2N. The highest BCUT2D eigenvalue weighted by molar-refractivity contribution is 4.71. The van der Waals surface area contributed by atoms with Gasteiger partial charge in [0.1, 0.15) is 0 Å². The average Bonchev–Trinajstić information content (AvgIpc) is 1.62. The molecule has 0 radical (unpaired) electrons. The van der Waals surface area contributed by atoms with Crippen molar-refractivity contribution in [2.24, 2.45) is 0 Å². The smallest absolute Gasteiger partial charge is 0.260 e. The molecule has 0 aromatic carbocycles. The Morgan fingerprint density at radius 3 is 1.88 bits per heavy atom. The van der Waals surface area contributed by atoms with E-state index in [-0.39, 0.29) is 0 Å². The van der Waals surface area contributed by atoms with Gasteiger partial charge in [-0.2, -0.15) is 0 Å². The van der Waals surface area contributed by atoms with E-state index in [2.05, 4.69) is 5.32 Å². The van der Waals surface area contributed by atoms with Crippen LogP contribution in [0.1, 0.15) is 13.8 Å². The molecule has 0 aliphatic carbocycles. The molecule has 0 aromatic heterocycles. The number of nitrogens with one attached hydrogen (secondary N) is 1. The Kier molecular flexibility index (Phi) is 2.34. The molecule has 1 nitrogen and oxygen atoms in total. The number of alkyl halides is 2. The van der Waals surface area contributed by atoms with Crippen LogP contribution < -0.4 is 5.32 Å². The molecule has 0 heterocycles. The zero-order valence-corrected chi connectivity index (χ0v) is 5.33. The topological polar surface area (TPSA) is 12.0 Å². The summed E-state index contributed by atoms with van der Waals surface area (Å²) in [5, 5.41) is 2.45. The highest BCUT2D eigenvalue weighted by atomic mass is 19.3. The first-order valence-corrected chi connectivity index (χ1v) is 2.53. The van der Waals surface area contributed by atoms with E-state index in [0.29, 0.717) is 0 Å². The normalized spacial score (nSPS) is 16.1. The molecule has 1 atom stereocenters. The van der Waals surface area contributed by atoms with Crippen molar-refractivity contribution in [3.05, 3.63) is 0 Å². The Hall–Kier alpha value is -0.180. The van der Waals surface area contributed by atoms with Gasteiger partial charge < -0.3 is 5.32 Å². The highest BCUT2D eigenvalue weighted by Crippen LogP contribution is 2.15. The first-order valence-electron chi connectivity index (χ1n) is 2.53. The Morgan fingerprint density at radius 2 is 1.88 bits per heavy atom. The molecule has 0 spiro atoms. The maximum atomic E-state index is 12.1. The SMILES string of the molecule is CNC(C)C(C)(F)F. The molecular weight excluding hydrogens is 112 g/mol. The minimum Gasteiger partial charge on any atom is -0.312 e. The molecule has 3 heteroatoms. The summed E-state index contributed by atoms with van der Waals surface area (Å²) in [5.74, 6) is -2.60. The van der Waals surface area contributed by atoms with Crippen molar-refractivity contribution in [3.63, 3.8) is 0 Å². The lowest BCUT2D eigenvalue weighted by Crippen LogP contribution is -2.37. The molecule has 0 amide bonds. The van der Waals surface area contributed by atoms with E-state index in [0.717, 1.165) is 6.92 Å². The molecule has 0 bridgehead atoms. The van der Waals surface area contributed by atoms with E-state index in [1.165, 1.54) is 14.0 Å². The number of halogens is 2. The van der Waals surface area contributed by atoms with Crippen molar-refractivity contribution in [3.8, 4) is 0 Å². The molecule has 0 fully saturated rings. The van der Waals surface area contributed by atoms with Crippen molar-refractivity contribution in [2.45, 2.75) is 25.8 Å². The van der Waals surface area contributed by atoms with Crippen LogP contribution in [-0.2, 0) is 0 Å². The summed E-state index contributed by atoms with van der Waals surface area (Å²) in [6, 6.07) is -0.734. The van der Waals surface area contributed by atoms with Gasteiger partial charge in [-0.05, 0) is 14.0 Å². The Balaban J connectivity index is 3.62. The van der Waals surface area contributed by atoms with Gasteiger partial charge in [0.05, 0.1) is 6.04 Å². The molecule has 0 aliphatic rings. The van der Waals surface area contributed by atoms with Crippen molar-refractivity contribution < 1.29 is 8.78 Å². The fraction of sp³-hybridized carbons (Fsp3) is 1.00. The first kappa shape index (κ1) is 7.82. The summed E-state index contributed by atoms with van der Waals surface area (Å²) in [7, 11) is 1.52.